The van der Waals surface area contributed by atoms with Gasteiger partial charge in [0.05, 0.1) is 11.2 Å². The number of aromatic nitrogens is 2. The largest absolute Gasteiger partial charge is 0.426 e. The molecule has 0 bridgehead atoms. The third kappa shape index (κ3) is 3.38. The number of pyridine rings is 1. The molecule has 0 aliphatic carbocycles. The molecule has 2 aliphatic heterocycles. The van der Waals surface area contributed by atoms with Crippen LogP contribution in [-0.2, 0) is 11.2 Å². The van der Waals surface area contributed by atoms with Gasteiger partial charge in [0, 0.05) is 44.1 Å². The lowest BCUT2D eigenvalue weighted by Crippen LogP contribution is -2.46. The fourth-order valence-corrected chi connectivity index (χ4v) is 4.33. The lowest BCUT2D eigenvalue weighted by atomic mass is 9.93. The van der Waals surface area contributed by atoms with Crippen LogP contribution in [0.1, 0.15) is 29.7 Å². The van der Waals surface area contributed by atoms with Crippen molar-refractivity contribution in [3.05, 3.63) is 59.4 Å². The summed E-state index contributed by atoms with van der Waals surface area (Å²) in [7, 11) is 0. The topological polar surface area (TPSA) is 50.1 Å². The summed E-state index contributed by atoms with van der Waals surface area (Å²) < 4.78 is 7.59. The summed E-state index contributed by atoms with van der Waals surface area (Å²) in [6.45, 7) is 9.51. The van der Waals surface area contributed by atoms with E-state index in [2.05, 4.69) is 46.9 Å². The predicted molar refractivity (Wildman–Crippen MR) is 113 cm³/mol. The van der Waals surface area contributed by atoms with Gasteiger partial charge in [0.1, 0.15) is 11.7 Å². The van der Waals surface area contributed by atoms with Gasteiger partial charge in [0.2, 0.25) is 0 Å². The van der Waals surface area contributed by atoms with E-state index in [1.807, 2.05) is 28.9 Å². The Balaban J connectivity index is 1.38. The molecule has 2 aliphatic rings. The van der Waals surface area contributed by atoms with Crippen LogP contribution in [0.25, 0.3) is 5.52 Å². The number of carbonyl (C=O) groups excluding carboxylic acids is 1. The highest BCUT2D eigenvalue weighted by molar-refractivity contribution is 5.83. The lowest BCUT2D eigenvalue weighted by Gasteiger charge is -2.36. The minimum atomic E-state index is -0.360. The molecule has 2 aromatic heterocycles. The summed E-state index contributed by atoms with van der Waals surface area (Å²) in [6, 6.07) is 12.4. The molecule has 0 N–H and O–H groups in total. The number of hydrogen-bond acceptors (Lipinski definition) is 5. The molecule has 3 aromatic rings. The van der Waals surface area contributed by atoms with Gasteiger partial charge in [-0.1, -0.05) is 13.0 Å². The molecule has 1 fully saturated rings. The van der Waals surface area contributed by atoms with Gasteiger partial charge in [0.15, 0.2) is 0 Å². The maximum atomic E-state index is 12.8. The van der Waals surface area contributed by atoms with Gasteiger partial charge >= 0.3 is 5.97 Å². The molecule has 0 amide bonds. The van der Waals surface area contributed by atoms with Gasteiger partial charge in [-0.05, 0) is 55.3 Å². The average Bonchev–Trinajstić information content (AvgIpc) is 3.15. The monoisotopic (exact) mass is 390 g/mol. The van der Waals surface area contributed by atoms with Crippen LogP contribution in [0, 0.1) is 6.92 Å². The van der Waals surface area contributed by atoms with Crippen molar-refractivity contribution < 1.29 is 9.53 Å². The van der Waals surface area contributed by atoms with Crippen LogP contribution in [-0.4, -0.2) is 53.2 Å². The highest BCUT2D eigenvalue weighted by Gasteiger charge is 2.32. The molecule has 4 heterocycles. The SMILES string of the molecule is CCN1CCN(c2ccc3c(c2)OC(=O)C(c2cc4cc(C)ccn4n2)C3)CC1. The van der Waals surface area contributed by atoms with E-state index in [4.69, 9.17) is 4.74 Å². The minimum absolute atomic E-state index is 0.217. The molecule has 150 valence electrons. The molecule has 0 saturated carbocycles. The number of fused-ring (bicyclic) bond motifs is 2. The number of piperazine rings is 1. The quantitative estimate of drug-likeness (QED) is 0.508. The van der Waals surface area contributed by atoms with Crippen molar-refractivity contribution in [2.75, 3.05) is 37.6 Å². The average molecular weight is 390 g/mol. The van der Waals surface area contributed by atoms with Crippen LogP contribution in [0.4, 0.5) is 5.69 Å². The Labute approximate surface area is 170 Å². The highest BCUT2D eigenvalue weighted by atomic mass is 16.5. The molecule has 1 saturated heterocycles. The summed E-state index contributed by atoms with van der Waals surface area (Å²) in [5.74, 6) is 0.119. The van der Waals surface area contributed by atoms with E-state index in [1.54, 1.807) is 0 Å². The Kier molecular flexibility index (Phi) is 4.51. The van der Waals surface area contributed by atoms with E-state index in [0.29, 0.717) is 12.2 Å². The lowest BCUT2D eigenvalue weighted by molar-refractivity contribution is -0.137. The number of anilines is 1. The molecule has 0 radical (unpaired) electrons. The number of ether oxygens (including phenoxy) is 1. The first-order chi connectivity index (χ1) is 14.1. The molecule has 5 rings (SSSR count). The molecule has 1 atom stereocenters. The van der Waals surface area contributed by atoms with Crippen molar-refractivity contribution in [3.63, 3.8) is 0 Å². The fourth-order valence-electron chi connectivity index (χ4n) is 4.33. The van der Waals surface area contributed by atoms with E-state index in [0.717, 1.165) is 55.2 Å². The Morgan fingerprint density at radius 2 is 1.93 bits per heavy atom. The number of nitrogens with zero attached hydrogens (tertiary/aromatic N) is 4. The standard InChI is InChI=1S/C23H26N4O2/c1-3-25-8-10-26(11-9-25)18-5-4-17-13-20(23(28)29-22(17)15-18)21-14-19-12-16(2)6-7-27(19)24-21/h4-7,12,14-15,20H,3,8-11,13H2,1-2H3. The number of likely N-dealkylation sites (N-methyl/N-ethyl adjacent to an activating group) is 1. The van der Waals surface area contributed by atoms with Crippen LogP contribution in [0.5, 0.6) is 5.75 Å². The fraction of sp³-hybridized carbons (Fsp3) is 0.391. The summed E-state index contributed by atoms with van der Waals surface area (Å²) in [6.07, 6.45) is 2.56. The predicted octanol–water partition coefficient (Wildman–Crippen LogP) is 3.03. The molecule has 6 nitrogen and oxygen atoms in total. The van der Waals surface area contributed by atoms with Gasteiger partial charge in [-0.3, -0.25) is 4.79 Å². The van der Waals surface area contributed by atoms with E-state index < -0.39 is 0 Å². The molecule has 0 spiro atoms. The summed E-state index contributed by atoms with van der Waals surface area (Å²) >= 11 is 0. The third-order valence-electron chi connectivity index (χ3n) is 6.15. The van der Waals surface area contributed by atoms with Crippen molar-refractivity contribution in [1.82, 2.24) is 14.5 Å². The first kappa shape index (κ1) is 18.2. The van der Waals surface area contributed by atoms with Crippen molar-refractivity contribution in [3.8, 4) is 5.75 Å². The van der Waals surface area contributed by atoms with E-state index in [9.17, 15) is 4.79 Å². The number of hydrogen-bond donors (Lipinski definition) is 0. The molecule has 1 aromatic carbocycles. The van der Waals surface area contributed by atoms with Gasteiger partial charge in [-0.15, -0.1) is 0 Å². The third-order valence-corrected chi connectivity index (χ3v) is 6.15. The Morgan fingerprint density at radius 1 is 1.10 bits per heavy atom. The smallest absolute Gasteiger partial charge is 0.320 e. The van der Waals surface area contributed by atoms with Crippen LogP contribution < -0.4 is 9.64 Å². The van der Waals surface area contributed by atoms with Gasteiger partial charge in [-0.25, -0.2) is 4.52 Å². The number of esters is 1. The van der Waals surface area contributed by atoms with Crippen molar-refractivity contribution in [2.24, 2.45) is 0 Å². The van der Waals surface area contributed by atoms with Crippen LogP contribution in [0.3, 0.4) is 0 Å². The zero-order valence-corrected chi connectivity index (χ0v) is 17.0. The van der Waals surface area contributed by atoms with E-state index in [1.165, 1.54) is 5.56 Å². The molecular weight excluding hydrogens is 364 g/mol. The summed E-state index contributed by atoms with van der Waals surface area (Å²) in [5.41, 5.74) is 5.15. The van der Waals surface area contributed by atoms with Crippen molar-refractivity contribution in [2.45, 2.75) is 26.2 Å². The second-order valence-electron chi connectivity index (χ2n) is 8.03. The number of benzene rings is 1. The molecule has 1 unspecified atom stereocenters. The Bertz CT molecular complexity index is 1070. The number of rotatable bonds is 3. The van der Waals surface area contributed by atoms with E-state index >= 15 is 0 Å². The second kappa shape index (κ2) is 7.19. The molecular formula is C23H26N4O2. The molecule has 29 heavy (non-hydrogen) atoms. The Morgan fingerprint density at radius 3 is 2.72 bits per heavy atom. The maximum Gasteiger partial charge on any atom is 0.320 e. The van der Waals surface area contributed by atoms with Gasteiger partial charge in [0.25, 0.3) is 0 Å². The number of carbonyl (C=O) groups is 1. The highest BCUT2D eigenvalue weighted by Crippen LogP contribution is 2.36. The number of aryl methyl sites for hydroxylation is 1. The summed E-state index contributed by atoms with van der Waals surface area (Å²) in [5, 5.41) is 4.61. The maximum absolute atomic E-state index is 12.8. The summed E-state index contributed by atoms with van der Waals surface area (Å²) in [4.78, 5) is 17.6. The van der Waals surface area contributed by atoms with Crippen LogP contribution in [0.2, 0.25) is 0 Å². The Hall–Kier alpha value is -2.86. The van der Waals surface area contributed by atoms with Crippen molar-refractivity contribution in [1.29, 1.82) is 0 Å². The van der Waals surface area contributed by atoms with Crippen LogP contribution in [0.15, 0.2) is 42.6 Å². The van der Waals surface area contributed by atoms with Crippen LogP contribution >= 0.6 is 0 Å². The first-order valence-corrected chi connectivity index (χ1v) is 10.4. The van der Waals surface area contributed by atoms with Gasteiger partial charge in [-0.2, -0.15) is 5.10 Å². The normalized spacial score (nSPS) is 20.0. The minimum Gasteiger partial charge on any atom is -0.426 e. The molecule has 6 heteroatoms. The second-order valence-corrected chi connectivity index (χ2v) is 8.03. The van der Waals surface area contributed by atoms with E-state index in [-0.39, 0.29) is 11.9 Å². The van der Waals surface area contributed by atoms with Gasteiger partial charge < -0.3 is 14.5 Å². The van der Waals surface area contributed by atoms with Crippen molar-refractivity contribution >= 4 is 17.2 Å². The zero-order valence-electron chi connectivity index (χ0n) is 17.0. The first-order valence-electron chi connectivity index (χ1n) is 10.4. The zero-order chi connectivity index (χ0) is 20.0.